The molecule has 1 saturated heterocycles. The number of methoxy groups -OCH3 is 1. The minimum Gasteiger partial charge on any atom is -0.497 e. The molecule has 0 bridgehead atoms. The van der Waals surface area contributed by atoms with Crippen LogP contribution in [0.25, 0.3) is 10.8 Å². The molecule has 2 atom stereocenters. The van der Waals surface area contributed by atoms with Crippen molar-refractivity contribution in [3.05, 3.63) is 48.3 Å². The summed E-state index contributed by atoms with van der Waals surface area (Å²) in [6.07, 6.45) is 3.86. The van der Waals surface area contributed by atoms with Gasteiger partial charge in [-0.2, -0.15) is 4.80 Å². The van der Waals surface area contributed by atoms with Gasteiger partial charge in [0.25, 0.3) is 0 Å². The van der Waals surface area contributed by atoms with E-state index < -0.39 is 0 Å². The Hall–Kier alpha value is -2.47. The number of benzene rings is 2. The maximum absolute atomic E-state index is 5.31. The highest BCUT2D eigenvalue weighted by molar-refractivity contribution is 5.84. The van der Waals surface area contributed by atoms with Crippen molar-refractivity contribution in [2.75, 3.05) is 20.2 Å². The highest BCUT2D eigenvalue weighted by atomic mass is 16.5. The normalized spacial score (nSPS) is 19.3. The summed E-state index contributed by atoms with van der Waals surface area (Å²) in [7, 11) is 1.69. The number of nitrogens with one attached hydrogen (secondary N) is 1. The first-order valence-electron chi connectivity index (χ1n) is 8.36. The summed E-state index contributed by atoms with van der Waals surface area (Å²) in [6, 6.07) is 12.8. The van der Waals surface area contributed by atoms with Crippen LogP contribution in [0.5, 0.6) is 5.75 Å². The summed E-state index contributed by atoms with van der Waals surface area (Å²) < 4.78 is 5.31. The Kier molecular flexibility index (Phi) is 4.13. The molecule has 0 aliphatic carbocycles. The van der Waals surface area contributed by atoms with Crippen LogP contribution in [0.1, 0.15) is 24.4 Å². The van der Waals surface area contributed by atoms with Crippen LogP contribution in [0, 0.1) is 5.92 Å². The van der Waals surface area contributed by atoms with Gasteiger partial charge in [-0.3, -0.25) is 0 Å². The van der Waals surface area contributed by atoms with Crippen molar-refractivity contribution in [2.45, 2.75) is 18.9 Å². The zero-order chi connectivity index (χ0) is 16.4. The Bertz CT molecular complexity index is 811. The third-order valence-corrected chi connectivity index (χ3v) is 4.81. The van der Waals surface area contributed by atoms with Gasteiger partial charge in [0, 0.05) is 6.54 Å². The topological polar surface area (TPSA) is 64.9 Å². The van der Waals surface area contributed by atoms with Crippen molar-refractivity contribution in [1.29, 1.82) is 0 Å². The minimum atomic E-state index is 0.104. The lowest BCUT2D eigenvalue weighted by Crippen LogP contribution is -2.36. The largest absolute Gasteiger partial charge is 0.497 e. The first kappa shape index (κ1) is 15.1. The van der Waals surface area contributed by atoms with E-state index in [2.05, 4.69) is 51.1 Å². The number of hydrogen-bond donors (Lipinski definition) is 1. The smallest absolute Gasteiger partial charge is 0.162 e. The molecule has 4 rings (SSSR count). The van der Waals surface area contributed by atoms with E-state index >= 15 is 0 Å². The quantitative estimate of drug-likeness (QED) is 0.799. The Morgan fingerprint density at radius 1 is 1.21 bits per heavy atom. The molecule has 124 valence electrons. The van der Waals surface area contributed by atoms with Crippen molar-refractivity contribution in [3.63, 3.8) is 0 Å². The molecule has 2 aromatic carbocycles. The fraction of sp³-hybridized carbons (Fsp3) is 0.389. The molecule has 0 spiro atoms. The van der Waals surface area contributed by atoms with E-state index in [1.54, 1.807) is 11.9 Å². The molecule has 1 aliphatic rings. The van der Waals surface area contributed by atoms with Gasteiger partial charge < -0.3 is 10.1 Å². The van der Waals surface area contributed by atoms with E-state index in [1.807, 2.05) is 6.07 Å². The van der Waals surface area contributed by atoms with Gasteiger partial charge in [-0.25, -0.2) is 0 Å². The molecule has 6 heteroatoms. The summed E-state index contributed by atoms with van der Waals surface area (Å²) >= 11 is 0. The molecular formula is C18H21N5O. The van der Waals surface area contributed by atoms with E-state index in [1.165, 1.54) is 35.5 Å². The van der Waals surface area contributed by atoms with E-state index in [0.717, 1.165) is 18.8 Å². The number of rotatable bonds is 4. The van der Waals surface area contributed by atoms with Crippen molar-refractivity contribution in [3.8, 4) is 5.75 Å². The average molecular weight is 323 g/mol. The predicted molar refractivity (Wildman–Crippen MR) is 92.0 cm³/mol. The molecule has 2 heterocycles. The van der Waals surface area contributed by atoms with Crippen LogP contribution in [0.15, 0.2) is 42.7 Å². The molecule has 0 radical (unpaired) electrons. The number of hydrogen-bond acceptors (Lipinski definition) is 5. The van der Waals surface area contributed by atoms with E-state index in [9.17, 15) is 0 Å². The summed E-state index contributed by atoms with van der Waals surface area (Å²) in [5, 5.41) is 18.3. The molecule has 1 aliphatic heterocycles. The monoisotopic (exact) mass is 323 g/mol. The van der Waals surface area contributed by atoms with Crippen molar-refractivity contribution in [2.24, 2.45) is 5.92 Å². The summed E-state index contributed by atoms with van der Waals surface area (Å²) in [5.74, 6) is 1.34. The van der Waals surface area contributed by atoms with E-state index in [0.29, 0.717) is 5.92 Å². The van der Waals surface area contributed by atoms with Crippen LogP contribution < -0.4 is 10.1 Å². The SMILES string of the molecule is COc1ccc2cc([C@H](C3CCCNC3)n3ncnn3)ccc2c1. The minimum absolute atomic E-state index is 0.104. The number of tetrazole rings is 1. The fourth-order valence-electron chi connectivity index (χ4n) is 3.60. The van der Waals surface area contributed by atoms with Crippen LogP contribution >= 0.6 is 0 Å². The summed E-state index contributed by atoms with van der Waals surface area (Å²) in [6.45, 7) is 2.07. The lowest BCUT2D eigenvalue weighted by molar-refractivity contribution is 0.261. The number of nitrogens with zero attached hydrogens (tertiary/aromatic N) is 4. The summed E-state index contributed by atoms with van der Waals surface area (Å²) in [5.41, 5.74) is 1.22. The predicted octanol–water partition coefficient (Wildman–Crippen LogP) is 2.42. The fourth-order valence-corrected chi connectivity index (χ4v) is 3.60. The van der Waals surface area contributed by atoms with Crippen molar-refractivity contribution >= 4 is 10.8 Å². The zero-order valence-electron chi connectivity index (χ0n) is 13.7. The van der Waals surface area contributed by atoms with Crippen LogP contribution in [0.2, 0.25) is 0 Å². The van der Waals surface area contributed by atoms with Gasteiger partial charge in [-0.15, -0.1) is 10.2 Å². The van der Waals surface area contributed by atoms with Gasteiger partial charge >= 0.3 is 0 Å². The second-order valence-corrected chi connectivity index (χ2v) is 6.28. The van der Waals surface area contributed by atoms with Crippen molar-refractivity contribution in [1.82, 2.24) is 25.5 Å². The van der Waals surface area contributed by atoms with Crippen LogP contribution in [0.4, 0.5) is 0 Å². The lowest BCUT2D eigenvalue weighted by atomic mass is 9.87. The molecule has 1 unspecified atom stereocenters. The molecule has 3 aromatic rings. The van der Waals surface area contributed by atoms with Gasteiger partial charge in [0.2, 0.25) is 0 Å². The van der Waals surface area contributed by atoms with E-state index in [-0.39, 0.29) is 6.04 Å². The number of piperidine rings is 1. The highest BCUT2D eigenvalue weighted by Crippen LogP contribution is 2.32. The first-order chi connectivity index (χ1) is 11.8. The molecule has 1 fully saturated rings. The van der Waals surface area contributed by atoms with Gasteiger partial charge in [-0.05, 0) is 65.1 Å². The number of fused-ring (bicyclic) bond motifs is 1. The molecule has 0 saturated carbocycles. The van der Waals surface area contributed by atoms with Crippen LogP contribution in [0.3, 0.4) is 0 Å². The van der Waals surface area contributed by atoms with E-state index in [4.69, 9.17) is 4.74 Å². The molecule has 24 heavy (non-hydrogen) atoms. The maximum Gasteiger partial charge on any atom is 0.162 e. The van der Waals surface area contributed by atoms with Gasteiger partial charge in [-0.1, -0.05) is 18.2 Å². The lowest BCUT2D eigenvalue weighted by Gasteiger charge is -2.30. The Morgan fingerprint density at radius 2 is 2.08 bits per heavy atom. The second kappa shape index (κ2) is 6.57. The standard InChI is InChI=1S/C18H21N5O/c1-24-17-7-6-13-9-15(5-4-14(13)10-17)18(23-21-12-20-22-23)16-3-2-8-19-11-16/h4-7,9-10,12,16,18-19H,2-3,8,11H2,1H3/t16?,18-/m1/s1. The molecule has 1 N–H and O–H groups in total. The Morgan fingerprint density at radius 3 is 2.83 bits per heavy atom. The highest BCUT2D eigenvalue weighted by Gasteiger charge is 2.28. The molecular weight excluding hydrogens is 302 g/mol. The number of ether oxygens (including phenoxy) is 1. The summed E-state index contributed by atoms with van der Waals surface area (Å²) in [4.78, 5) is 1.75. The molecule has 0 amide bonds. The Balaban J connectivity index is 1.75. The van der Waals surface area contributed by atoms with Gasteiger partial charge in [0.1, 0.15) is 11.8 Å². The zero-order valence-corrected chi connectivity index (χ0v) is 13.7. The van der Waals surface area contributed by atoms with Gasteiger partial charge in [0.05, 0.1) is 7.11 Å². The third kappa shape index (κ3) is 2.85. The average Bonchev–Trinajstić information content (AvgIpc) is 3.16. The van der Waals surface area contributed by atoms with Crippen molar-refractivity contribution < 1.29 is 4.74 Å². The maximum atomic E-state index is 5.31. The second-order valence-electron chi connectivity index (χ2n) is 6.28. The third-order valence-electron chi connectivity index (χ3n) is 4.81. The van der Waals surface area contributed by atoms with Crippen LogP contribution in [-0.2, 0) is 0 Å². The Labute approximate surface area is 140 Å². The molecule has 1 aromatic heterocycles. The van der Waals surface area contributed by atoms with Gasteiger partial charge in [0.15, 0.2) is 6.33 Å². The first-order valence-corrected chi connectivity index (χ1v) is 8.36. The number of aromatic nitrogens is 4. The molecule has 6 nitrogen and oxygen atoms in total. The van der Waals surface area contributed by atoms with Crippen LogP contribution in [-0.4, -0.2) is 40.4 Å².